The van der Waals surface area contributed by atoms with Crippen molar-refractivity contribution in [2.24, 2.45) is 23.5 Å². The SMILES string of the molecule is CN(C)[C@@H]1C(=O)C(C(N)=O)=C(O)[C@@]2(O)C(=O)C3=C(O)c4c(O)cc([C@@H]5CCCN5CC5CC5)c(C(F)(F)F)c4C[C@H]3C[C@@H]12. The van der Waals surface area contributed by atoms with Crippen molar-refractivity contribution in [3.8, 4) is 5.75 Å². The smallest absolute Gasteiger partial charge is 0.417 e. The number of hydrogen-bond donors (Lipinski definition) is 5. The number of aromatic hydroxyl groups is 1. The van der Waals surface area contributed by atoms with Crippen LogP contribution in [0.5, 0.6) is 5.75 Å². The standard InChI is InChI=1S/C30H34F3N3O7/c1-35(2)23-16-9-13-8-15-20(24(38)19(13)26(40)29(16,43)27(41)21(25(23)39)28(34)42)18(37)10-14(22(15)30(31,32)33)17-4-3-7-36(17)11-12-5-6-12/h10,12-13,16-17,23,37-38,41,43H,3-9,11H2,1-2H3,(H2,34,42)/t13-,16-,17-,23-,29-/m0/s1. The maximum absolute atomic E-state index is 14.9. The Hall–Kier alpha value is -3.42. The molecule has 43 heavy (non-hydrogen) atoms. The van der Waals surface area contributed by atoms with Crippen LogP contribution in [0.3, 0.4) is 0 Å². The first-order chi connectivity index (χ1) is 20.1. The van der Waals surface area contributed by atoms with Crippen LogP contribution in [0.25, 0.3) is 5.76 Å². The first kappa shape index (κ1) is 29.6. The molecule has 6 rings (SSSR count). The van der Waals surface area contributed by atoms with Crippen molar-refractivity contribution >= 4 is 23.2 Å². The van der Waals surface area contributed by atoms with Gasteiger partial charge in [-0.25, -0.2) is 0 Å². The van der Waals surface area contributed by atoms with E-state index in [1.54, 1.807) is 0 Å². The number of aliphatic hydroxyl groups excluding tert-OH is 2. The Morgan fingerprint density at radius 3 is 2.42 bits per heavy atom. The number of nitrogens with two attached hydrogens (primary N) is 1. The molecule has 0 radical (unpaired) electrons. The Balaban J connectivity index is 1.54. The average molecular weight is 606 g/mol. The number of likely N-dealkylation sites (N-methyl/N-ethyl adjacent to an activating group) is 1. The lowest BCUT2D eigenvalue weighted by Crippen LogP contribution is -2.65. The van der Waals surface area contributed by atoms with Crippen LogP contribution in [0.15, 0.2) is 23.0 Å². The molecule has 5 aliphatic rings. The minimum absolute atomic E-state index is 0.0810. The normalized spacial score (nSPS) is 31.4. The van der Waals surface area contributed by atoms with Crippen molar-refractivity contribution in [1.82, 2.24) is 9.80 Å². The zero-order valence-electron chi connectivity index (χ0n) is 23.7. The molecule has 1 aromatic carbocycles. The van der Waals surface area contributed by atoms with Gasteiger partial charge in [0, 0.05) is 24.1 Å². The second kappa shape index (κ2) is 9.80. The molecule has 3 fully saturated rings. The predicted molar refractivity (Wildman–Crippen MR) is 146 cm³/mol. The van der Waals surface area contributed by atoms with Crippen LogP contribution in [0.1, 0.15) is 60.4 Å². The van der Waals surface area contributed by atoms with Crippen molar-refractivity contribution in [3.05, 3.63) is 45.2 Å². The highest BCUT2D eigenvalue weighted by Gasteiger charge is 2.64. The van der Waals surface area contributed by atoms with E-state index in [9.17, 15) is 48.0 Å². The Morgan fingerprint density at radius 1 is 1.16 bits per heavy atom. The molecular weight excluding hydrogens is 571 g/mol. The molecule has 232 valence electrons. The number of carbonyl (C=O) groups excluding carboxylic acids is 3. The van der Waals surface area contributed by atoms with E-state index >= 15 is 0 Å². The molecule has 10 nitrogen and oxygen atoms in total. The van der Waals surface area contributed by atoms with Crippen molar-refractivity contribution < 1.29 is 48.0 Å². The highest BCUT2D eigenvalue weighted by molar-refractivity contribution is 6.24. The number of aliphatic hydroxyl groups is 3. The number of halogens is 3. The molecule has 1 heterocycles. The van der Waals surface area contributed by atoms with Gasteiger partial charge in [0.05, 0.1) is 17.2 Å². The van der Waals surface area contributed by atoms with Crippen LogP contribution >= 0.6 is 0 Å². The minimum atomic E-state index is -4.86. The molecule has 4 aliphatic carbocycles. The third-order valence-corrected chi connectivity index (χ3v) is 9.95. The largest absolute Gasteiger partial charge is 0.508 e. The lowest BCUT2D eigenvalue weighted by Gasteiger charge is -2.50. The van der Waals surface area contributed by atoms with E-state index < -0.39 is 99.1 Å². The third-order valence-electron chi connectivity index (χ3n) is 9.95. The number of hydrogen-bond acceptors (Lipinski definition) is 9. The summed E-state index contributed by atoms with van der Waals surface area (Å²) in [5.41, 5.74) is -0.942. The van der Waals surface area contributed by atoms with Crippen LogP contribution in [-0.2, 0) is 27.0 Å². The summed E-state index contributed by atoms with van der Waals surface area (Å²) in [5, 5.41) is 45.1. The number of ketones is 2. The van der Waals surface area contributed by atoms with E-state index in [1.807, 2.05) is 4.90 Å². The fraction of sp³-hybridized carbons (Fsp3) is 0.567. The average Bonchev–Trinajstić information content (AvgIpc) is 3.59. The second-order valence-electron chi connectivity index (χ2n) is 12.8. The first-order valence-corrected chi connectivity index (χ1v) is 14.4. The number of primary amides is 1. The number of phenols is 1. The van der Waals surface area contributed by atoms with Gasteiger partial charge in [0.1, 0.15) is 22.8 Å². The topological polar surface area (TPSA) is 165 Å². The number of likely N-dealkylation sites (tertiary alicyclic amines) is 1. The number of fused-ring (bicyclic) bond motifs is 3. The molecule has 2 saturated carbocycles. The second-order valence-corrected chi connectivity index (χ2v) is 12.8. The number of nitrogens with zero attached hydrogens (tertiary/aromatic N) is 2. The van der Waals surface area contributed by atoms with Crippen molar-refractivity contribution in [2.45, 2.75) is 62.4 Å². The Kier molecular flexibility index (Phi) is 6.75. The fourth-order valence-electron chi connectivity index (χ4n) is 7.97. The Labute approximate surface area is 245 Å². The van der Waals surface area contributed by atoms with Gasteiger partial charge in [-0.05, 0) is 88.2 Å². The van der Waals surface area contributed by atoms with Crippen LogP contribution in [0.2, 0.25) is 0 Å². The lowest BCUT2D eigenvalue weighted by molar-refractivity contribution is -0.153. The number of alkyl halides is 3. The Bertz CT molecular complexity index is 1510. The number of benzene rings is 1. The van der Waals surface area contributed by atoms with Crippen molar-refractivity contribution in [1.29, 1.82) is 0 Å². The summed E-state index contributed by atoms with van der Waals surface area (Å²) in [7, 11) is 2.91. The zero-order valence-corrected chi connectivity index (χ0v) is 23.7. The highest BCUT2D eigenvalue weighted by atomic mass is 19.4. The molecule has 0 spiro atoms. The van der Waals surface area contributed by atoms with Crippen LogP contribution in [0.4, 0.5) is 13.2 Å². The summed E-state index contributed by atoms with van der Waals surface area (Å²) in [6.07, 6.45) is -2.34. The molecule has 1 amide bonds. The van der Waals surface area contributed by atoms with Gasteiger partial charge < -0.3 is 26.2 Å². The monoisotopic (exact) mass is 605 g/mol. The van der Waals surface area contributed by atoms with Crippen molar-refractivity contribution in [3.63, 3.8) is 0 Å². The number of carbonyl (C=O) groups is 3. The maximum atomic E-state index is 14.9. The van der Waals surface area contributed by atoms with Gasteiger partial charge in [-0.2, -0.15) is 13.2 Å². The molecule has 0 bridgehead atoms. The molecule has 0 aromatic heterocycles. The third kappa shape index (κ3) is 4.30. The van der Waals surface area contributed by atoms with E-state index in [4.69, 9.17) is 5.73 Å². The van der Waals surface area contributed by atoms with Crippen LogP contribution in [0, 0.1) is 17.8 Å². The number of amides is 1. The molecule has 13 heteroatoms. The quantitative estimate of drug-likeness (QED) is 0.317. The summed E-state index contributed by atoms with van der Waals surface area (Å²) in [6.45, 7) is 1.30. The van der Waals surface area contributed by atoms with Gasteiger partial charge in [-0.3, -0.25) is 24.2 Å². The predicted octanol–water partition coefficient (Wildman–Crippen LogP) is 2.53. The Morgan fingerprint density at radius 2 is 1.84 bits per heavy atom. The van der Waals surface area contributed by atoms with Gasteiger partial charge in [0.15, 0.2) is 11.4 Å². The summed E-state index contributed by atoms with van der Waals surface area (Å²) < 4.78 is 44.8. The summed E-state index contributed by atoms with van der Waals surface area (Å²) in [5.74, 6) is -8.43. The first-order valence-electron chi connectivity index (χ1n) is 14.4. The van der Waals surface area contributed by atoms with E-state index in [1.165, 1.54) is 19.0 Å². The highest BCUT2D eigenvalue weighted by Crippen LogP contribution is 2.55. The fourth-order valence-corrected chi connectivity index (χ4v) is 7.97. The lowest BCUT2D eigenvalue weighted by atomic mass is 9.57. The summed E-state index contributed by atoms with van der Waals surface area (Å²) in [6, 6.07) is -0.889. The van der Waals surface area contributed by atoms with E-state index in [0.29, 0.717) is 31.8 Å². The molecule has 1 aromatic rings. The van der Waals surface area contributed by atoms with Gasteiger partial charge in [0.2, 0.25) is 5.78 Å². The van der Waals surface area contributed by atoms with Crippen molar-refractivity contribution in [2.75, 3.05) is 27.2 Å². The van der Waals surface area contributed by atoms with Crippen LogP contribution in [-0.4, -0.2) is 86.5 Å². The molecular formula is C30H34F3N3O7. The van der Waals surface area contributed by atoms with Gasteiger partial charge in [0.25, 0.3) is 5.91 Å². The van der Waals surface area contributed by atoms with E-state index in [-0.39, 0.29) is 17.5 Å². The number of Topliss-reactive ketones (excluding diaryl/α,β-unsaturated/α-hetero) is 2. The molecule has 0 unspecified atom stereocenters. The van der Waals surface area contributed by atoms with E-state index in [2.05, 4.69) is 0 Å². The zero-order chi connectivity index (χ0) is 31.3. The maximum Gasteiger partial charge on any atom is 0.417 e. The van der Waals surface area contributed by atoms with Crippen LogP contribution < -0.4 is 5.73 Å². The molecule has 5 atom stereocenters. The van der Waals surface area contributed by atoms with Gasteiger partial charge in [-0.15, -0.1) is 0 Å². The summed E-state index contributed by atoms with van der Waals surface area (Å²) in [4.78, 5) is 42.7. The summed E-state index contributed by atoms with van der Waals surface area (Å²) >= 11 is 0. The number of rotatable bonds is 5. The van der Waals surface area contributed by atoms with E-state index in [0.717, 1.165) is 18.9 Å². The molecule has 1 aliphatic heterocycles. The molecule has 1 saturated heterocycles. The number of phenolic OH excluding ortho intramolecular Hbond substituents is 1. The van der Waals surface area contributed by atoms with Gasteiger partial charge >= 0.3 is 6.18 Å². The molecule has 6 N–H and O–H groups in total. The minimum Gasteiger partial charge on any atom is -0.508 e. The van der Waals surface area contributed by atoms with Gasteiger partial charge in [-0.1, -0.05) is 0 Å².